The summed E-state index contributed by atoms with van der Waals surface area (Å²) in [5.74, 6) is -0.284. The van der Waals surface area contributed by atoms with Crippen molar-refractivity contribution in [2.45, 2.75) is 45.6 Å². The Hall–Kier alpha value is -1.03. The van der Waals surface area contributed by atoms with Crippen molar-refractivity contribution in [3.63, 3.8) is 0 Å². The first kappa shape index (κ1) is 14.4. The first-order chi connectivity index (χ1) is 8.92. The van der Waals surface area contributed by atoms with Crippen LogP contribution in [0.15, 0.2) is 16.8 Å². The Morgan fingerprint density at radius 3 is 3.00 bits per heavy atom. The Morgan fingerprint density at radius 2 is 2.37 bits per heavy atom. The van der Waals surface area contributed by atoms with E-state index in [-0.39, 0.29) is 23.9 Å². The second-order valence-electron chi connectivity index (χ2n) is 6.11. The number of hydrogen-bond acceptors (Lipinski definition) is 4. The Balaban J connectivity index is 2.14. The maximum atomic E-state index is 12.3. The van der Waals surface area contributed by atoms with Crippen molar-refractivity contribution in [1.82, 2.24) is 0 Å². The van der Waals surface area contributed by atoms with Crippen LogP contribution in [0.2, 0.25) is 0 Å². The van der Waals surface area contributed by atoms with Crippen LogP contribution in [-0.4, -0.2) is 23.9 Å². The summed E-state index contributed by atoms with van der Waals surface area (Å²) < 4.78 is 5.22. The average Bonchev–Trinajstić information content (AvgIpc) is 2.85. The summed E-state index contributed by atoms with van der Waals surface area (Å²) in [5.41, 5.74) is 1.31. The molecule has 0 bridgehead atoms. The summed E-state index contributed by atoms with van der Waals surface area (Å²) in [5, 5.41) is 4.18. The molecule has 2 aliphatic rings. The minimum Gasteiger partial charge on any atom is -0.458 e. The van der Waals surface area contributed by atoms with E-state index in [2.05, 4.69) is 25.9 Å². The quantitative estimate of drug-likeness (QED) is 0.748. The Labute approximate surface area is 118 Å². The van der Waals surface area contributed by atoms with Crippen molar-refractivity contribution in [3.05, 3.63) is 11.6 Å². The largest absolute Gasteiger partial charge is 0.458 e. The van der Waals surface area contributed by atoms with Gasteiger partial charge in [-0.15, -0.1) is 0 Å². The minimum atomic E-state index is -0.900. The number of oxime groups is 1. The van der Waals surface area contributed by atoms with Crippen LogP contribution in [0.4, 0.5) is 0 Å². The molecule has 0 amide bonds. The Morgan fingerprint density at radius 1 is 1.63 bits per heavy atom. The molecule has 0 aromatic heterocycles. The van der Waals surface area contributed by atoms with Crippen LogP contribution in [0.1, 0.15) is 40.0 Å². The average molecular weight is 286 g/mol. The molecular weight excluding hydrogens is 266 g/mol. The lowest BCUT2D eigenvalue weighted by molar-refractivity contribution is -0.170. The minimum absolute atomic E-state index is 0.0416. The maximum absolute atomic E-state index is 12.3. The zero-order chi connectivity index (χ0) is 14.1. The van der Waals surface area contributed by atoms with Crippen molar-refractivity contribution in [2.24, 2.45) is 16.5 Å². The standard InChI is InChI=1S/C14H20ClNO3/c1-13(2,3)11-10-6-4-7-14(10,19-16-11)12(17)18-9-5-8-15/h5,8,10H,4,6-7,9H2,1-3H3/b8-5+. The van der Waals surface area contributed by atoms with Gasteiger partial charge in [0.05, 0.1) is 11.6 Å². The first-order valence-corrected chi connectivity index (χ1v) is 7.04. The molecule has 4 nitrogen and oxygen atoms in total. The number of nitrogens with zero attached hydrogens (tertiary/aromatic N) is 1. The zero-order valence-electron chi connectivity index (χ0n) is 11.6. The number of halogens is 1. The molecule has 0 aromatic carbocycles. The SMILES string of the molecule is CC(C)(C)C1=NOC2(C(=O)OC/C=C/Cl)CCCC12. The number of rotatable bonds is 3. The number of carbonyl (C=O) groups excluding carboxylic acids is 1. The molecule has 2 unspecified atom stereocenters. The number of hydrogen-bond donors (Lipinski definition) is 0. The normalized spacial score (nSPS) is 30.1. The predicted molar refractivity (Wildman–Crippen MR) is 74.0 cm³/mol. The highest BCUT2D eigenvalue weighted by Gasteiger charge is 2.60. The van der Waals surface area contributed by atoms with Crippen molar-refractivity contribution in [2.75, 3.05) is 6.61 Å². The maximum Gasteiger partial charge on any atom is 0.354 e. The van der Waals surface area contributed by atoms with E-state index in [1.807, 2.05) is 0 Å². The highest BCUT2D eigenvalue weighted by molar-refractivity contribution is 6.25. The summed E-state index contributed by atoms with van der Waals surface area (Å²) in [4.78, 5) is 17.9. The molecule has 5 heteroatoms. The first-order valence-electron chi connectivity index (χ1n) is 6.61. The molecule has 0 saturated heterocycles. The highest BCUT2D eigenvalue weighted by atomic mass is 35.5. The third kappa shape index (κ3) is 2.50. The molecule has 1 aliphatic heterocycles. The fraction of sp³-hybridized carbons (Fsp3) is 0.714. The number of ether oxygens (including phenoxy) is 1. The summed E-state index contributed by atoms with van der Waals surface area (Å²) in [7, 11) is 0. The molecule has 2 rings (SSSR count). The lowest BCUT2D eigenvalue weighted by Gasteiger charge is -2.27. The molecule has 1 fully saturated rings. The molecule has 19 heavy (non-hydrogen) atoms. The van der Waals surface area contributed by atoms with E-state index in [0.29, 0.717) is 6.42 Å². The van der Waals surface area contributed by atoms with Gasteiger partial charge in [-0.2, -0.15) is 0 Å². The van der Waals surface area contributed by atoms with Gasteiger partial charge in [-0.25, -0.2) is 4.79 Å². The van der Waals surface area contributed by atoms with Gasteiger partial charge in [0.2, 0.25) is 5.60 Å². The fourth-order valence-electron chi connectivity index (χ4n) is 2.86. The third-order valence-electron chi connectivity index (χ3n) is 3.75. The van der Waals surface area contributed by atoms with Crippen LogP contribution < -0.4 is 0 Å². The van der Waals surface area contributed by atoms with Crippen LogP contribution >= 0.6 is 11.6 Å². The fourth-order valence-corrected chi connectivity index (χ4v) is 2.93. The molecule has 0 spiro atoms. The van der Waals surface area contributed by atoms with Gasteiger partial charge in [-0.05, 0) is 18.9 Å². The van der Waals surface area contributed by atoms with E-state index in [0.717, 1.165) is 18.6 Å². The van der Waals surface area contributed by atoms with Crippen LogP contribution in [0.3, 0.4) is 0 Å². The lowest BCUT2D eigenvalue weighted by atomic mass is 9.76. The van der Waals surface area contributed by atoms with Gasteiger partial charge >= 0.3 is 5.97 Å². The van der Waals surface area contributed by atoms with Gasteiger partial charge in [0, 0.05) is 17.4 Å². The van der Waals surface area contributed by atoms with Crippen LogP contribution in [-0.2, 0) is 14.4 Å². The molecule has 106 valence electrons. The molecular formula is C14H20ClNO3. The van der Waals surface area contributed by atoms with E-state index in [1.165, 1.54) is 5.54 Å². The van der Waals surface area contributed by atoms with Crippen molar-refractivity contribution in [1.29, 1.82) is 0 Å². The van der Waals surface area contributed by atoms with Gasteiger partial charge in [-0.3, -0.25) is 0 Å². The number of fused-ring (bicyclic) bond motifs is 1. The van der Waals surface area contributed by atoms with Crippen molar-refractivity contribution < 1.29 is 14.4 Å². The third-order valence-corrected chi connectivity index (χ3v) is 3.93. The van der Waals surface area contributed by atoms with Crippen LogP contribution in [0.5, 0.6) is 0 Å². The Kier molecular flexibility index (Phi) is 3.90. The summed E-state index contributed by atoms with van der Waals surface area (Å²) in [6, 6.07) is 0. The van der Waals surface area contributed by atoms with E-state index >= 15 is 0 Å². The number of esters is 1. The van der Waals surface area contributed by atoms with Gasteiger partial charge in [0.1, 0.15) is 6.61 Å². The second kappa shape index (κ2) is 5.16. The van der Waals surface area contributed by atoms with E-state index in [4.69, 9.17) is 21.2 Å². The zero-order valence-corrected chi connectivity index (χ0v) is 12.4. The topological polar surface area (TPSA) is 47.9 Å². The van der Waals surface area contributed by atoms with Crippen molar-refractivity contribution >= 4 is 23.3 Å². The predicted octanol–water partition coefficient (Wildman–Crippen LogP) is 3.25. The molecule has 0 N–H and O–H groups in total. The molecule has 1 heterocycles. The van der Waals surface area contributed by atoms with Gasteiger partial charge < -0.3 is 9.57 Å². The molecule has 0 radical (unpaired) electrons. The summed E-state index contributed by atoms with van der Waals surface area (Å²) in [6.45, 7) is 6.44. The molecule has 0 aromatic rings. The molecule has 2 atom stereocenters. The monoisotopic (exact) mass is 285 g/mol. The smallest absolute Gasteiger partial charge is 0.354 e. The Bertz CT molecular complexity index is 425. The van der Waals surface area contributed by atoms with Gasteiger partial charge in [0.15, 0.2) is 0 Å². The summed E-state index contributed by atoms with van der Waals surface area (Å²) in [6.07, 6.45) is 4.14. The van der Waals surface area contributed by atoms with Gasteiger partial charge in [-0.1, -0.05) is 37.5 Å². The summed E-state index contributed by atoms with van der Waals surface area (Å²) >= 11 is 5.41. The number of carbonyl (C=O) groups is 1. The molecule has 1 saturated carbocycles. The lowest BCUT2D eigenvalue weighted by Crippen LogP contribution is -2.45. The van der Waals surface area contributed by atoms with E-state index in [1.54, 1.807) is 6.08 Å². The van der Waals surface area contributed by atoms with Gasteiger partial charge in [0.25, 0.3) is 0 Å². The molecule has 1 aliphatic carbocycles. The highest BCUT2D eigenvalue weighted by Crippen LogP contribution is 2.48. The van der Waals surface area contributed by atoms with Crippen LogP contribution in [0, 0.1) is 11.3 Å². The van der Waals surface area contributed by atoms with Crippen molar-refractivity contribution in [3.8, 4) is 0 Å². The van der Waals surface area contributed by atoms with E-state index < -0.39 is 5.60 Å². The van der Waals surface area contributed by atoms with Crippen LogP contribution in [0.25, 0.3) is 0 Å². The second-order valence-corrected chi connectivity index (χ2v) is 6.36. The van der Waals surface area contributed by atoms with E-state index in [9.17, 15) is 4.79 Å².